The molecule has 5 nitrogen and oxygen atoms in total. The number of aromatic nitrogens is 1. The molecule has 4 rings (SSSR count). The molecule has 0 bridgehead atoms. The van der Waals surface area contributed by atoms with Crippen molar-refractivity contribution in [3.05, 3.63) is 70.9 Å². The number of rotatable bonds is 4. The molecule has 1 aromatic heterocycles. The Morgan fingerprint density at radius 3 is 2.77 bits per heavy atom. The zero-order chi connectivity index (χ0) is 17.2. The Labute approximate surface area is 153 Å². The highest BCUT2D eigenvalue weighted by Gasteiger charge is 2.21. The van der Waals surface area contributed by atoms with E-state index in [0.717, 1.165) is 29.4 Å². The molecule has 2 heterocycles. The van der Waals surface area contributed by atoms with E-state index < -0.39 is 0 Å². The minimum absolute atomic E-state index is 0. The third kappa shape index (κ3) is 3.49. The van der Waals surface area contributed by atoms with Crippen LogP contribution < -0.4 is 0 Å². The van der Waals surface area contributed by atoms with Crippen LogP contribution in [0.25, 0.3) is 10.9 Å². The number of hydrogen-bond donors (Lipinski definition) is 1. The van der Waals surface area contributed by atoms with Gasteiger partial charge >= 0.3 is 5.97 Å². The van der Waals surface area contributed by atoms with Gasteiger partial charge in [-0.15, -0.1) is 0 Å². The number of fused-ring (bicyclic) bond motifs is 3. The molecule has 3 aromatic rings. The van der Waals surface area contributed by atoms with E-state index in [4.69, 9.17) is 9.57 Å². The number of benzene rings is 2. The van der Waals surface area contributed by atoms with Gasteiger partial charge in [-0.3, -0.25) is 0 Å². The number of H-pyrrole nitrogens is 1. The minimum Gasteiger partial charge on any atom is -0.457 e. The summed E-state index contributed by atoms with van der Waals surface area (Å²) in [6.07, 6.45) is 0.908. The topological polar surface area (TPSA) is 54.6 Å². The second-order valence-electron chi connectivity index (χ2n) is 6.20. The molecule has 136 valence electrons. The van der Waals surface area contributed by atoms with Gasteiger partial charge in [-0.1, -0.05) is 37.8 Å². The normalized spacial score (nSPS) is 13.9. The van der Waals surface area contributed by atoms with E-state index in [0.29, 0.717) is 12.1 Å². The van der Waals surface area contributed by atoms with Crippen molar-refractivity contribution in [2.24, 2.45) is 0 Å². The first-order valence-electron chi connectivity index (χ1n) is 8.38. The average molecular weight is 352 g/mol. The fourth-order valence-electron chi connectivity index (χ4n) is 3.28. The van der Waals surface area contributed by atoms with Crippen LogP contribution in [0.5, 0.6) is 0 Å². The predicted molar refractivity (Wildman–Crippen MR) is 102 cm³/mol. The van der Waals surface area contributed by atoms with E-state index in [9.17, 15) is 4.79 Å². The van der Waals surface area contributed by atoms with Crippen molar-refractivity contribution in [3.63, 3.8) is 0 Å². The molecule has 0 fully saturated rings. The fraction of sp³-hybridized carbons (Fsp3) is 0.286. The van der Waals surface area contributed by atoms with Crippen molar-refractivity contribution < 1.29 is 14.4 Å². The number of carbonyl (C=O) groups excluding carboxylic acids is 1. The quantitative estimate of drug-likeness (QED) is 0.719. The lowest BCUT2D eigenvalue weighted by atomic mass is 10.0. The lowest BCUT2D eigenvalue weighted by Gasteiger charge is -2.24. The first-order valence-corrected chi connectivity index (χ1v) is 8.38. The molecule has 0 saturated heterocycles. The van der Waals surface area contributed by atoms with Crippen molar-refractivity contribution in [1.82, 2.24) is 10.0 Å². The summed E-state index contributed by atoms with van der Waals surface area (Å²) in [4.78, 5) is 21.2. The Morgan fingerprint density at radius 1 is 1.19 bits per heavy atom. The number of esters is 1. The fourth-order valence-corrected chi connectivity index (χ4v) is 3.28. The van der Waals surface area contributed by atoms with Crippen molar-refractivity contribution in [2.75, 3.05) is 13.7 Å². The molecule has 0 aliphatic carbocycles. The monoisotopic (exact) mass is 352 g/mol. The molecule has 0 saturated carbocycles. The standard InChI is InChI=1S/C20H20N2O3.CH4/c1-24-22-10-9-19-17(12-22)16-11-15(7-8-18(16)21-19)20(23)25-13-14-5-3-2-4-6-14;/h2-8,11,21H,9-10,12-13H2,1H3;1H4. The summed E-state index contributed by atoms with van der Waals surface area (Å²) in [6, 6.07) is 15.4. The largest absolute Gasteiger partial charge is 0.457 e. The highest BCUT2D eigenvalue weighted by atomic mass is 16.7. The summed E-state index contributed by atoms with van der Waals surface area (Å²) >= 11 is 0. The SMILES string of the molecule is C.CON1CCc2[nH]c3ccc(C(=O)OCc4ccccc4)cc3c2C1. The van der Waals surface area contributed by atoms with Crippen LogP contribution in [0.4, 0.5) is 0 Å². The van der Waals surface area contributed by atoms with Gasteiger partial charge in [0.2, 0.25) is 0 Å². The highest BCUT2D eigenvalue weighted by molar-refractivity contribution is 5.96. The summed E-state index contributed by atoms with van der Waals surface area (Å²) in [5.74, 6) is -0.305. The third-order valence-electron chi connectivity index (χ3n) is 4.65. The van der Waals surface area contributed by atoms with Crippen LogP contribution in [0.15, 0.2) is 48.5 Å². The summed E-state index contributed by atoms with van der Waals surface area (Å²) < 4.78 is 5.44. The molecular formula is C21H24N2O3. The van der Waals surface area contributed by atoms with E-state index in [1.165, 1.54) is 11.3 Å². The lowest BCUT2D eigenvalue weighted by molar-refractivity contribution is -0.141. The Balaban J connectivity index is 0.00000196. The first-order chi connectivity index (χ1) is 12.2. The number of hydroxylamine groups is 2. The van der Waals surface area contributed by atoms with Crippen molar-refractivity contribution >= 4 is 16.9 Å². The van der Waals surface area contributed by atoms with Crippen molar-refractivity contribution in [1.29, 1.82) is 0 Å². The van der Waals surface area contributed by atoms with Crippen molar-refractivity contribution in [2.45, 2.75) is 27.0 Å². The van der Waals surface area contributed by atoms with E-state index in [2.05, 4.69) is 4.98 Å². The highest BCUT2D eigenvalue weighted by Crippen LogP contribution is 2.28. The van der Waals surface area contributed by atoms with Gasteiger partial charge in [-0.25, -0.2) is 4.79 Å². The molecule has 0 spiro atoms. The first kappa shape index (κ1) is 18.2. The molecule has 1 N–H and O–H groups in total. The number of aromatic amines is 1. The van der Waals surface area contributed by atoms with Gasteiger partial charge in [0.1, 0.15) is 6.61 Å². The predicted octanol–water partition coefficient (Wildman–Crippen LogP) is 4.08. The van der Waals surface area contributed by atoms with Gasteiger partial charge in [0.05, 0.1) is 19.2 Å². The molecule has 0 atom stereocenters. The van der Waals surface area contributed by atoms with Crippen LogP contribution in [-0.2, 0) is 29.1 Å². The van der Waals surface area contributed by atoms with E-state index in [-0.39, 0.29) is 20.0 Å². The number of ether oxygens (including phenoxy) is 1. The Bertz CT molecular complexity index is 902. The molecule has 1 aliphatic heterocycles. The summed E-state index contributed by atoms with van der Waals surface area (Å²) in [7, 11) is 1.69. The average Bonchev–Trinajstić information content (AvgIpc) is 3.03. The zero-order valence-corrected chi connectivity index (χ0v) is 14.1. The Hall–Kier alpha value is -2.63. The van der Waals surface area contributed by atoms with Gasteiger partial charge < -0.3 is 14.6 Å². The van der Waals surface area contributed by atoms with Crippen LogP contribution in [0, 0.1) is 0 Å². The van der Waals surface area contributed by atoms with Gasteiger partial charge in [-0.2, -0.15) is 5.06 Å². The molecule has 1 aliphatic rings. The molecule has 2 aromatic carbocycles. The number of nitrogens with zero attached hydrogens (tertiary/aromatic N) is 1. The van der Waals surface area contributed by atoms with Gasteiger partial charge in [0.15, 0.2) is 0 Å². The molecule has 0 amide bonds. The third-order valence-corrected chi connectivity index (χ3v) is 4.65. The van der Waals surface area contributed by atoms with E-state index in [1.54, 1.807) is 7.11 Å². The summed E-state index contributed by atoms with van der Waals surface area (Å²) in [5.41, 5.74) is 5.01. The number of nitrogens with one attached hydrogen (secondary N) is 1. The number of hydrogen-bond acceptors (Lipinski definition) is 4. The van der Waals surface area contributed by atoms with Crippen LogP contribution >= 0.6 is 0 Å². The van der Waals surface area contributed by atoms with Crippen LogP contribution in [0.3, 0.4) is 0 Å². The van der Waals surface area contributed by atoms with E-state index in [1.807, 2.05) is 53.6 Å². The lowest BCUT2D eigenvalue weighted by Crippen LogP contribution is -2.29. The molecule has 0 unspecified atom stereocenters. The van der Waals surface area contributed by atoms with Crippen LogP contribution in [-0.4, -0.2) is 29.7 Å². The molecule has 0 radical (unpaired) electrons. The maximum absolute atomic E-state index is 12.4. The van der Waals surface area contributed by atoms with E-state index >= 15 is 0 Å². The molecular weight excluding hydrogens is 328 g/mol. The second-order valence-corrected chi connectivity index (χ2v) is 6.20. The zero-order valence-electron chi connectivity index (χ0n) is 14.1. The van der Waals surface area contributed by atoms with Crippen LogP contribution in [0.1, 0.15) is 34.6 Å². The van der Waals surface area contributed by atoms with Gasteiger partial charge in [-0.05, 0) is 29.3 Å². The summed E-state index contributed by atoms with van der Waals surface area (Å²) in [6.45, 7) is 1.86. The van der Waals surface area contributed by atoms with Gasteiger partial charge in [0.25, 0.3) is 0 Å². The van der Waals surface area contributed by atoms with Crippen molar-refractivity contribution in [3.8, 4) is 0 Å². The minimum atomic E-state index is -0.305. The number of carbonyl (C=O) groups is 1. The molecule has 26 heavy (non-hydrogen) atoms. The van der Waals surface area contributed by atoms with Gasteiger partial charge in [0, 0.05) is 29.6 Å². The summed E-state index contributed by atoms with van der Waals surface area (Å²) in [5, 5.41) is 2.99. The second kappa shape index (κ2) is 7.72. The maximum atomic E-state index is 12.4. The Kier molecular flexibility index (Phi) is 5.40. The smallest absolute Gasteiger partial charge is 0.338 e. The maximum Gasteiger partial charge on any atom is 0.338 e. The molecule has 5 heteroatoms. The Morgan fingerprint density at radius 2 is 2.00 bits per heavy atom. The van der Waals surface area contributed by atoms with Crippen LogP contribution in [0.2, 0.25) is 0 Å².